The van der Waals surface area contributed by atoms with E-state index in [-0.39, 0.29) is 23.4 Å². The third kappa shape index (κ3) is 5.09. The fourth-order valence-electron chi connectivity index (χ4n) is 4.82. The molecule has 1 fully saturated rings. The van der Waals surface area contributed by atoms with E-state index < -0.39 is 11.5 Å². The summed E-state index contributed by atoms with van der Waals surface area (Å²) in [6.07, 6.45) is 3.07. The Morgan fingerprint density at radius 1 is 1.20 bits per heavy atom. The van der Waals surface area contributed by atoms with E-state index in [1.807, 2.05) is 49.4 Å². The van der Waals surface area contributed by atoms with Crippen molar-refractivity contribution in [1.29, 1.82) is 0 Å². The predicted octanol–water partition coefficient (Wildman–Crippen LogP) is 4.54. The molecule has 1 aliphatic rings. The number of aromatic hydroxyl groups is 1. The molecule has 0 bridgehead atoms. The number of ether oxygens (including phenoxy) is 1. The second-order valence-corrected chi connectivity index (χ2v) is 9.11. The van der Waals surface area contributed by atoms with Gasteiger partial charge in [0.1, 0.15) is 11.6 Å². The molecule has 0 saturated carbocycles. The van der Waals surface area contributed by atoms with E-state index in [2.05, 4.69) is 24.0 Å². The number of carbonyl (C=O) groups excluding carboxylic acids is 1. The number of unbranched alkanes of at least 4 members (excludes halogenated alkanes) is 1. The van der Waals surface area contributed by atoms with Crippen LogP contribution in [0.3, 0.4) is 0 Å². The second-order valence-electron chi connectivity index (χ2n) is 9.11. The summed E-state index contributed by atoms with van der Waals surface area (Å²) < 4.78 is 6.99. The molecule has 1 N–H and O–H groups in total. The standard InChI is InChI=1S/C28H33N3O4/c1-4-5-14-24-29-26(32)25(27(33)30-16-15-22(18-30)20-10-7-6-8-11-20)28(34)31(24)19(2)21-12-9-13-23(17-21)35-3/h6-13,17,19,22,34H,4-5,14-16,18H2,1-3H3/t19-,22-/m0/s1. The zero-order chi connectivity index (χ0) is 24.9. The Labute approximate surface area is 206 Å². The monoisotopic (exact) mass is 475 g/mol. The van der Waals surface area contributed by atoms with Crippen molar-refractivity contribution < 1.29 is 14.6 Å². The lowest BCUT2D eigenvalue weighted by atomic mass is 9.99. The van der Waals surface area contributed by atoms with Crippen LogP contribution in [0.2, 0.25) is 0 Å². The highest BCUT2D eigenvalue weighted by Gasteiger charge is 2.33. The Hall–Kier alpha value is -3.61. The van der Waals surface area contributed by atoms with E-state index in [4.69, 9.17) is 4.74 Å². The van der Waals surface area contributed by atoms with Gasteiger partial charge in [0.2, 0.25) is 5.88 Å². The van der Waals surface area contributed by atoms with Gasteiger partial charge in [-0.05, 0) is 43.0 Å². The normalized spacial score (nSPS) is 16.3. The first-order valence-electron chi connectivity index (χ1n) is 12.3. The van der Waals surface area contributed by atoms with Gasteiger partial charge < -0.3 is 14.7 Å². The summed E-state index contributed by atoms with van der Waals surface area (Å²) in [4.78, 5) is 32.5. The summed E-state index contributed by atoms with van der Waals surface area (Å²) in [5.41, 5.74) is 1.13. The SMILES string of the molecule is CCCCc1nc(=O)c(C(=O)N2CC[C@H](c3ccccc3)C2)c(O)n1[C@@H](C)c1cccc(OC)c1. The van der Waals surface area contributed by atoms with Crippen LogP contribution in [0.1, 0.15) is 72.4 Å². The fourth-order valence-corrected chi connectivity index (χ4v) is 4.82. The summed E-state index contributed by atoms with van der Waals surface area (Å²) in [5, 5.41) is 11.4. The number of rotatable bonds is 8. The number of likely N-dealkylation sites (tertiary alicyclic amines) is 1. The van der Waals surface area contributed by atoms with Crippen LogP contribution in [0.5, 0.6) is 11.6 Å². The van der Waals surface area contributed by atoms with Gasteiger partial charge >= 0.3 is 0 Å². The highest BCUT2D eigenvalue weighted by molar-refractivity contribution is 5.96. The minimum Gasteiger partial charge on any atom is -0.497 e. The first-order valence-corrected chi connectivity index (χ1v) is 12.3. The smallest absolute Gasteiger partial charge is 0.289 e. The summed E-state index contributed by atoms with van der Waals surface area (Å²) in [5.74, 6) is 0.590. The van der Waals surface area contributed by atoms with E-state index in [9.17, 15) is 14.7 Å². The van der Waals surface area contributed by atoms with Crippen molar-refractivity contribution in [3.05, 3.63) is 87.5 Å². The molecule has 4 rings (SSSR count). The zero-order valence-corrected chi connectivity index (χ0v) is 20.6. The van der Waals surface area contributed by atoms with Crippen LogP contribution in [-0.4, -0.2) is 45.7 Å². The van der Waals surface area contributed by atoms with Gasteiger partial charge in [-0.1, -0.05) is 55.8 Å². The van der Waals surface area contributed by atoms with E-state index >= 15 is 0 Å². The predicted molar refractivity (Wildman–Crippen MR) is 135 cm³/mol. The molecule has 0 spiro atoms. The Balaban J connectivity index is 1.71. The van der Waals surface area contributed by atoms with E-state index in [1.165, 1.54) is 5.56 Å². The Bertz CT molecular complexity index is 1240. The van der Waals surface area contributed by atoms with Gasteiger partial charge in [0.25, 0.3) is 11.5 Å². The van der Waals surface area contributed by atoms with Crippen molar-refractivity contribution >= 4 is 5.91 Å². The third-order valence-electron chi connectivity index (χ3n) is 6.85. The van der Waals surface area contributed by atoms with Crippen molar-refractivity contribution in [3.63, 3.8) is 0 Å². The Morgan fingerprint density at radius 2 is 1.97 bits per heavy atom. The van der Waals surface area contributed by atoms with Gasteiger partial charge in [0.05, 0.1) is 13.2 Å². The van der Waals surface area contributed by atoms with Crippen LogP contribution < -0.4 is 10.3 Å². The number of hydrogen-bond acceptors (Lipinski definition) is 5. The molecule has 7 nitrogen and oxygen atoms in total. The van der Waals surface area contributed by atoms with Crippen LogP contribution in [0.25, 0.3) is 0 Å². The molecule has 0 unspecified atom stereocenters. The molecule has 0 aliphatic carbocycles. The van der Waals surface area contributed by atoms with Crippen molar-refractivity contribution in [3.8, 4) is 11.6 Å². The third-order valence-corrected chi connectivity index (χ3v) is 6.85. The lowest BCUT2D eigenvalue weighted by Crippen LogP contribution is -2.35. The van der Waals surface area contributed by atoms with Gasteiger partial charge in [0.15, 0.2) is 5.56 Å². The number of aromatic nitrogens is 2. The molecule has 2 heterocycles. The molecule has 7 heteroatoms. The van der Waals surface area contributed by atoms with Crippen LogP contribution >= 0.6 is 0 Å². The molecule has 35 heavy (non-hydrogen) atoms. The highest BCUT2D eigenvalue weighted by atomic mass is 16.5. The maximum absolute atomic E-state index is 13.5. The second kappa shape index (κ2) is 10.8. The van der Waals surface area contributed by atoms with Gasteiger partial charge in [0, 0.05) is 25.4 Å². The Kier molecular flexibility index (Phi) is 7.54. The molecule has 1 saturated heterocycles. The van der Waals surface area contributed by atoms with E-state index in [1.54, 1.807) is 16.6 Å². The zero-order valence-electron chi connectivity index (χ0n) is 20.6. The van der Waals surface area contributed by atoms with Gasteiger partial charge in [-0.3, -0.25) is 14.2 Å². The van der Waals surface area contributed by atoms with Crippen molar-refractivity contribution in [2.24, 2.45) is 0 Å². The van der Waals surface area contributed by atoms with Crippen LogP contribution in [0.15, 0.2) is 59.4 Å². The minimum absolute atomic E-state index is 0.206. The van der Waals surface area contributed by atoms with Gasteiger partial charge in [-0.2, -0.15) is 4.98 Å². The minimum atomic E-state index is -0.671. The summed E-state index contributed by atoms with van der Waals surface area (Å²) in [6, 6.07) is 17.3. The number of methoxy groups -OCH3 is 1. The number of benzene rings is 2. The van der Waals surface area contributed by atoms with Crippen LogP contribution in [0, 0.1) is 0 Å². The molecule has 2 aromatic carbocycles. The van der Waals surface area contributed by atoms with Crippen LogP contribution in [0.4, 0.5) is 0 Å². The van der Waals surface area contributed by atoms with Gasteiger partial charge in [-0.25, -0.2) is 0 Å². The number of aryl methyl sites for hydroxylation is 1. The fraction of sp³-hybridized carbons (Fsp3) is 0.393. The summed E-state index contributed by atoms with van der Waals surface area (Å²) in [7, 11) is 1.60. The average Bonchev–Trinajstić information content (AvgIpc) is 3.38. The Morgan fingerprint density at radius 3 is 2.69 bits per heavy atom. The summed E-state index contributed by atoms with van der Waals surface area (Å²) >= 11 is 0. The van der Waals surface area contributed by atoms with E-state index in [0.717, 1.165) is 24.8 Å². The number of nitrogens with zero attached hydrogens (tertiary/aromatic N) is 3. The number of amides is 1. The first-order chi connectivity index (χ1) is 16.9. The van der Waals surface area contributed by atoms with E-state index in [0.29, 0.717) is 31.1 Å². The lowest BCUT2D eigenvalue weighted by Gasteiger charge is -2.24. The van der Waals surface area contributed by atoms with Gasteiger partial charge in [-0.15, -0.1) is 0 Å². The molecule has 1 aliphatic heterocycles. The average molecular weight is 476 g/mol. The number of hydrogen-bond donors (Lipinski definition) is 1. The molecule has 0 radical (unpaired) electrons. The molecular formula is C28H33N3O4. The molecule has 1 amide bonds. The maximum atomic E-state index is 13.5. The highest BCUT2D eigenvalue weighted by Crippen LogP contribution is 2.32. The topological polar surface area (TPSA) is 84.7 Å². The van der Waals surface area contributed by atoms with Crippen molar-refractivity contribution in [2.45, 2.75) is 51.5 Å². The molecular weight excluding hydrogens is 442 g/mol. The van der Waals surface area contributed by atoms with Crippen molar-refractivity contribution in [2.75, 3.05) is 20.2 Å². The lowest BCUT2D eigenvalue weighted by molar-refractivity contribution is 0.0783. The largest absolute Gasteiger partial charge is 0.497 e. The first kappa shape index (κ1) is 24.5. The molecule has 1 aromatic heterocycles. The quantitative estimate of drug-likeness (QED) is 0.517. The molecule has 2 atom stereocenters. The molecule has 3 aromatic rings. The van der Waals surface area contributed by atoms with Crippen LogP contribution in [-0.2, 0) is 6.42 Å². The van der Waals surface area contributed by atoms with Crippen molar-refractivity contribution in [1.82, 2.24) is 14.5 Å². The number of carbonyl (C=O) groups is 1. The maximum Gasteiger partial charge on any atom is 0.289 e. The summed E-state index contributed by atoms with van der Waals surface area (Å²) in [6.45, 7) is 5.01. The molecule has 184 valence electrons.